The Bertz CT molecular complexity index is 735. The van der Waals surface area contributed by atoms with Crippen LogP contribution in [0.5, 0.6) is 0 Å². The van der Waals surface area contributed by atoms with E-state index < -0.39 is 64.2 Å². The molecule has 0 heterocycles. The van der Waals surface area contributed by atoms with Crippen LogP contribution in [0, 0.1) is 0 Å². The number of hydrogen-bond donors (Lipinski definition) is 0. The van der Waals surface area contributed by atoms with Crippen LogP contribution in [0.4, 0.5) is 26.3 Å². The molecule has 0 aliphatic heterocycles. The molecule has 0 aliphatic carbocycles. The van der Waals surface area contributed by atoms with Crippen LogP contribution in [-0.4, -0.2) is 70.8 Å². The standard InChI is InChI=1S/C19H36F6O7Si4/c1-33(2,3)30-36(31-34(4,5)6,32-35(7,8)9)14-10-13-28-15(26)11-12-16(27)29-18(22,17(20)21)19(23,24)25/h11-12,17H,10,13-14H2,1-9H3/b12-11+. The van der Waals surface area contributed by atoms with Crippen molar-refractivity contribution in [3.8, 4) is 0 Å². The third kappa shape index (κ3) is 13.5. The number of alkyl halides is 6. The van der Waals surface area contributed by atoms with Crippen molar-refractivity contribution < 1.29 is 57.8 Å². The van der Waals surface area contributed by atoms with E-state index in [1.165, 1.54) is 0 Å². The van der Waals surface area contributed by atoms with Gasteiger partial charge in [0.15, 0.2) is 25.0 Å². The summed E-state index contributed by atoms with van der Waals surface area (Å²) in [5, 5.41) is 0. The summed E-state index contributed by atoms with van der Waals surface area (Å²) < 4.78 is 103. The van der Waals surface area contributed by atoms with Gasteiger partial charge in [0.05, 0.1) is 6.61 Å². The van der Waals surface area contributed by atoms with Crippen molar-refractivity contribution in [3.63, 3.8) is 0 Å². The van der Waals surface area contributed by atoms with Crippen molar-refractivity contribution in [2.75, 3.05) is 6.61 Å². The van der Waals surface area contributed by atoms with Gasteiger partial charge in [0.2, 0.25) is 0 Å². The van der Waals surface area contributed by atoms with Crippen molar-refractivity contribution in [1.29, 1.82) is 0 Å². The van der Waals surface area contributed by atoms with Crippen molar-refractivity contribution in [1.82, 2.24) is 0 Å². The molecule has 7 nitrogen and oxygen atoms in total. The summed E-state index contributed by atoms with van der Waals surface area (Å²) in [6.07, 6.45) is -10.2. The van der Waals surface area contributed by atoms with Gasteiger partial charge in [-0.05, 0) is 65.3 Å². The zero-order valence-corrected chi connectivity index (χ0v) is 26.0. The summed E-state index contributed by atoms with van der Waals surface area (Å²) in [5.41, 5.74) is 0. The van der Waals surface area contributed by atoms with Crippen LogP contribution in [0.25, 0.3) is 0 Å². The zero-order valence-electron chi connectivity index (χ0n) is 22.0. The lowest BCUT2D eigenvalue weighted by Gasteiger charge is -2.42. The van der Waals surface area contributed by atoms with E-state index in [1.54, 1.807) is 0 Å². The molecular weight excluding hydrogens is 567 g/mol. The molecule has 0 radical (unpaired) electrons. The quantitative estimate of drug-likeness (QED) is 0.0793. The minimum atomic E-state index is -6.17. The van der Waals surface area contributed by atoms with Gasteiger partial charge < -0.3 is 21.8 Å². The highest BCUT2D eigenvalue weighted by atomic mass is 28.5. The van der Waals surface area contributed by atoms with E-state index in [0.29, 0.717) is 12.1 Å². The second-order valence-corrected chi connectivity index (χ2v) is 27.8. The van der Waals surface area contributed by atoms with E-state index in [-0.39, 0.29) is 19.1 Å². The normalized spacial score (nSPS) is 15.8. The van der Waals surface area contributed by atoms with Crippen molar-refractivity contribution in [3.05, 3.63) is 12.2 Å². The molecule has 17 heteroatoms. The Kier molecular flexibility index (Phi) is 12.4. The Morgan fingerprint density at radius 2 is 1.14 bits per heavy atom. The number of ether oxygens (including phenoxy) is 2. The van der Waals surface area contributed by atoms with E-state index in [1.807, 2.05) is 58.9 Å². The number of rotatable bonds is 14. The molecule has 1 atom stereocenters. The minimum absolute atomic E-state index is 0.0702. The summed E-state index contributed by atoms with van der Waals surface area (Å²) in [5.74, 6) is -8.81. The first kappa shape index (κ1) is 35.0. The van der Waals surface area contributed by atoms with E-state index in [9.17, 15) is 35.9 Å². The Labute approximate surface area is 212 Å². The van der Waals surface area contributed by atoms with Crippen molar-refractivity contribution in [2.45, 2.75) is 89.8 Å². The second kappa shape index (κ2) is 12.7. The fraction of sp³-hybridized carbons (Fsp3) is 0.789. The van der Waals surface area contributed by atoms with Crippen LogP contribution in [-0.2, 0) is 31.4 Å². The lowest BCUT2D eigenvalue weighted by Crippen LogP contribution is -2.60. The molecule has 0 fully saturated rings. The largest absolute Gasteiger partial charge is 0.469 e. The highest BCUT2D eigenvalue weighted by molar-refractivity contribution is 6.90. The van der Waals surface area contributed by atoms with Gasteiger partial charge in [0.1, 0.15) is 0 Å². The molecule has 36 heavy (non-hydrogen) atoms. The van der Waals surface area contributed by atoms with Gasteiger partial charge in [0, 0.05) is 18.2 Å². The molecule has 0 amide bonds. The lowest BCUT2D eigenvalue weighted by atomic mass is 10.3. The Morgan fingerprint density at radius 3 is 1.47 bits per heavy atom. The lowest BCUT2D eigenvalue weighted by molar-refractivity contribution is -0.354. The van der Waals surface area contributed by atoms with Crippen LogP contribution in [0.15, 0.2) is 12.2 Å². The van der Waals surface area contributed by atoms with Gasteiger partial charge >= 0.3 is 39.2 Å². The predicted octanol–water partition coefficient (Wildman–Crippen LogP) is 6.01. The summed E-state index contributed by atoms with van der Waals surface area (Å²) in [4.78, 5) is 23.2. The maximum absolute atomic E-state index is 13.4. The SMILES string of the molecule is C[Si](C)(C)O[Si](CCCOC(=O)/C=C/C(=O)OC(F)(C(F)F)C(F)(F)F)(O[Si](C)(C)C)O[Si](C)(C)C. The maximum Gasteiger partial charge on any atom is 0.469 e. The molecule has 0 aliphatic rings. The fourth-order valence-corrected chi connectivity index (χ4v) is 17.3. The first-order valence-corrected chi connectivity index (χ1v) is 23.2. The van der Waals surface area contributed by atoms with Gasteiger partial charge in [-0.25, -0.2) is 18.4 Å². The van der Waals surface area contributed by atoms with Gasteiger partial charge in [-0.15, -0.1) is 0 Å². The van der Waals surface area contributed by atoms with Crippen molar-refractivity contribution >= 4 is 45.7 Å². The first-order chi connectivity index (χ1) is 15.8. The van der Waals surface area contributed by atoms with Gasteiger partial charge in [0.25, 0.3) is 0 Å². The zero-order chi connectivity index (χ0) is 28.8. The van der Waals surface area contributed by atoms with Crippen molar-refractivity contribution in [2.24, 2.45) is 0 Å². The molecule has 0 aromatic carbocycles. The fourth-order valence-electron chi connectivity index (χ4n) is 2.67. The predicted molar refractivity (Wildman–Crippen MR) is 131 cm³/mol. The first-order valence-electron chi connectivity index (χ1n) is 11.0. The molecule has 0 aromatic rings. The monoisotopic (exact) mass is 602 g/mol. The summed E-state index contributed by atoms with van der Waals surface area (Å²) in [6.45, 7) is 17.8. The average molecular weight is 603 g/mol. The van der Waals surface area contributed by atoms with Gasteiger partial charge in [-0.1, -0.05) is 0 Å². The minimum Gasteiger partial charge on any atom is -0.463 e. The number of carbonyl (C=O) groups excluding carboxylic acids is 2. The molecule has 1 unspecified atom stereocenters. The Morgan fingerprint density at radius 1 is 0.750 bits per heavy atom. The number of hydrogen-bond acceptors (Lipinski definition) is 7. The number of esters is 2. The van der Waals surface area contributed by atoms with E-state index in [4.69, 9.17) is 17.1 Å². The van der Waals surface area contributed by atoms with Crippen LogP contribution in [0.2, 0.25) is 65.0 Å². The molecule has 0 bridgehead atoms. The highest BCUT2D eigenvalue weighted by Crippen LogP contribution is 2.40. The number of carbonyl (C=O) groups is 2. The molecule has 0 N–H and O–H groups in total. The second-order valence-electron chi connectivity index (χ2n) is 10.8. The van der Waals surface area contributed by atoms with Crippen LogP contribution < -0.4 is 0 Å². The molecule has 0 rings (SSSR count). The van der Waals surface area contributed by atoms with Crippen LogP contribution in [0.3, 0.4) is 0 Å². The smallest absolute Gasteiger partial charge is 0.463 e. The van der Waals surface area contributed by atoms with E-state index >= 15 is 0 Å². The number of halogens is 6. The van der Waals surface area contributed by atoms with Crippen LogP contribution in [0.1, 0.15) is 6.42 Å². The molecule has 0 saturated carbocycles. The van der Waals surface area contributed by atoms with Crippen LogP contribution >= 0.6 is 0 Å². The third-order valence-electron chi connectivity index (χ3n) is 3.53. The van der Waals surface area contributed by atoms with E-state index in [0.717, 1.165) is 0 Å². The summed E-state index contributed by atoms with van der Waals surface area (Å²) in [7, 11) is -9.54. The summed E-state index contributed by atoms with van der Waals surface area (Å²) >= 11 is 0. The highest BCUT2D eigenvalue weighted by Gasteiger charge is 2.66. The average Bonchev–Trinajstić information content (AvgIpc) is 2.57. The van der Waals surface area contributed by atoms with Gasteiger partial charge in [-0.3, -0.25) is 0 Å². The maximum atomic E-state index is 13.4. The Balaban J connectivity index is 5.24. The Hall–Kier alpha value is -0.992. The van der Waals surface area contributed by atoms with Gasteiger partial charge in [-0.2, -0.15) is 17.6 Å². The molecular formula is C19H36F6O7Si4. The molecule has 0 saturated heterocycles. The topological polar surface area (TPSA) is 80.3 Å². The molecule has 212 valence electrons. The summed E-state index contributed by atoms with van der Waals surface area (Å²) in [6, 6.07) is 0.329. The molecule has 0 spiro atoms. The van der Waals surface area contributed by atoms with E-state index in [2.05, 4.69) is 4.74 Å². The third-order valence-corrected chi connectivity index (χ3v) is 15.6. The molecule has 0 aromatic heterocycles.